The summed E-state index contributed by atoms with van der Waals surface area (Å²) in [6.07, 6.45) is 3.12. The van der Waals surface area contributed by atoms with E-state index < -0.39 is 25.3 Å². The molecule has 4 heterocycles. The molecule has 1 aliphatic heterocycles. The summed E-state index contributed by atoms with van der Waals surface area (Å²) in [5.74, 6) is -0.0974. The molecule has 9 heteroatoms. The minimum atomic E-state index is -2.76. The Bertz CT molecular complexity index is 1650. The number of aromatic nitrogens is 4. The van der Waals surface area contributed by atoms with E-state index in [-0.39, 0.29) is 49.1 Å². The van der Waals surface area contributed by atoms with Crippen molar-refractivity contribution < 1.29 is 22.1 Å². The molecule has 178 valence electrons. The van der Waals surface area contributed by atoms with Crippen LogP contribution in [0.5, 0.6) is 11.6 Å². The molecule has 0 bridgehead atoms. The quantitative estimate of drug-likeness (QED) is 0.401. The summed E-state index contributed by atoms with van der Waals surface area (Å²) in [5.41, 5.74) is 1.23. The number of ether oxygens (including phenoxy) is 2. The average Bonchev–Trinajstić information content (AvgIpc) is 3.03. The molecule has 0 radical (unpaired) electrons. The van der Waals surface area contributed by atoms with Gasteiger partial charge in [-0.25, -0.2) is 14.2 Å². The molecule has 0 atom stereocenters. The van der Waals surface area contributed by atoms with Crippen LogP contribution in [0.25, 0.3) is 33.1 Å². The molecule has 0 amide bonds. The Morgan fingerprint density at radius 3 is 2.85 bits per heavy atom. The molecule has 8 nitrogen and oxygen atoms in total. The number of hydrogen-bond donors (Lipinski definition) is 0. The van der Waals surface area contributed by atoms with E-state index in [9.17, 15) is 4.79 Å². The molecular weight excluding hydrogens is 437 g/mol. The summed E-state index contributed by atoms with van der Waals surface area (Å²) in [4.78, 5) is 22.3. The Morgan fingerprint density at radius 1 is 1.29 bits per heavy atom. The van der Waals surface area contributed by atoms with Crippen molar-refractivity contribution in [3.63, 3.8) is 0 Å². The van der Waals surface area contributed by atoms with Crippen LogP contribution in [0, 0.1) is 5.82 Å². The zero-order valence-electron chi connectivity index (χ0n) is 25.1. The predicted octanol–water partition coefficient (Wildman–Crippen LogP) is 3.55. The first-order valence-corrected chi connectivity index (χ1v) is 10.8. The van der Waals surface area contributed by atoms with E-state index in [1.165, 1.54) is 22.9 Å². The fourth-order valence-electron chi connectivity index (χ4n) is 4.39. The zero-order valence-corrected chi connectivity index (χ0v) is 19.1. The highest BCUT2D eigenvalue weighted by Gasteiger charge is 2.34. The summed E-state index contributed by atoms with van der Waals surface area (Å²) in [7, 11) is 1.67. The van der Waals surface area contributed by atoms with Crippen LogP contribution in [0.2, 0.25) is 0 Å². The number of imidazole rings is 1. The van der Waals surface area contributed by atoms with Gasteiger partial charge in [0, 0.05) is 45.7 Å². The van der Waals surface area contributed by atoms with Gasteiger partial charge in [0.15, 0.2) is 0 Å². The third-order valence-electron chi connectivity index (χ3n) is 6.06. The van der Waals surface area contributed by atoms with Crippen molar-refractivity contribution in [1.82, 2.24) is 24.0 Å². The SMILES string of the molecule is [2H]C([2H])([2H])N(CCCOc1ccc(-c2c(F)cc3ncc4c5c3c2OCC(C)(C)n5c(=O)n4C)cn1)C([2H])([2H])[2H]. The second-order valence-electron chi connectivity index (χ2n) is 8.97. The van der Waals surface area contributed by atoms with Crippen LogP contribution in [0.1, 0.15) is 28.5 Å². The minimum absolute atomic E-state index is 0.0258. The maximum atomic E-state index is 15.6. The van der Waals surface area contributed by atoms with E-state index in [0.717, 1.165) is 0 Å². The number of nitrogens with zero attached hydrogens (tertiary/aromatic N) is 5. The summed E-state index contributed by atoms with van der Waals surface area (Å²) in [6.45, 7) is -1.85. The molecule has 0 spiro atoms. The van der Waals surface area contributed by atoms with Gasteiger partial charge in [-0.15, -0.1) is 0 Å². The second kappa shape index (κ2) is 8.09. The summed E-state index contributed by atoms with van der Waals surface area (Å²) in [6, 6.07) is 4.46. The molecule has 34 heavy (non-hydrogen) atoms. The van der Waals surface area contributed by atoms with Gasteiger partial charge in [0.25, 0.3) is 0 Å². The Hall–Kier alpha value is -3.46. The molecule has 5 rings (SSSR count). The first-order chi connectivity index (χ1) is 18.6. The van der Waals surface area contributed by atoms with Gasteiger partial charge in [-0.3, -0.25) is 14.1 Å². The third kappa shape index (κ3) is 3.51. The van der Waals surface area contributed by atoms with E-state index in [2.05, 4.69) is 9.97 Å². The van der Waals surface area contributed by atoms with Gasteiger partial charge in [0.1, 0.15) is 18.2 Å². The van der Waals surface area contributed by atoms with Gasteiger partial charge < -0.3 is 14.4 Å². The number of rotatable bonds is 6. The molecular formula is C25H28FN5O3. The number of hydrogen-bond acceptors (Lipinski definition) is 6. The Labute approximate surface area is 205 Å². The Kier molecular flexibility index (Phi) is 3.86. The van der Waals surface area contributed by atoms with Crippen LogP contribution < -0.4 is 15.2 Å². The highest BCUT2D eigenvalue weighted by atomic mass is 19.1. The standard InChI is InChI=1S/C25H28FN5O3/c1-25(2)14-34-23-20(15-7-8-19(28-12-15)33-10-6-9-29(3)4)16(26)11-17-21(23)22-18(13-27-17)30(5)24(32)31(22)25/h7-8,11-13H,6,9-10,14H2,1-5H3/i3D3,4D3. The van der Waals surface area contributed by atoms with E-state index >= 15 is 4.39 Å². The van der Waals surface area contributed by atoms with Crippen molar-refractivity contribution in [3.05, 3.63) is 46.9 Å². The molecule has 3 aromatic heterocycles. The van der Waals surface area contributed by atoms with E-state index in [1.807, 2.05) is 13.8 Å². The van der Waals surface area contributed by atoms with Crippen molar-refractivity contribution in [3.8, 4) is 22.8 Å². The lowest BCUT2D eigenvalue weighted by atomic mass is 10.0. The van der Waals surface area contributed by atoms with Crippen LogP contribution in [-0.2, 0) is 12.6 Å². The largest absolute Gasteiger partial charge is 0.490 e. The molecule has 0 saturated heterocycles. The predicted molar refractivity (Wildman–Crippen MR) is 129 cm³/mol. The summed E-state index contributed by atoms with van der Waals surface area (Å²) < 4.78 is 75.1. The topological polar surface area (TPSA) is 74.4 Å². The zero-order chi connectivity index (χ0) is 29.2. The van der Waals surface area contributed by atoms with Gasteiger partial charge in [0.2, 0.25) is 5.88 Å². The lowest BCUT2D eigenvalue weighted by Gasteiger charge is -2.24. The van der Waals surface area contributed by atoms with Crippen LogP contribution in [0.4, 0.5) is 4.39 Å². The minimum Gasteiger partial charge on any atom is -0.490 e. The first kappa shape index (κ1) is 16.2. The number of halogens is 1. The molecule has 4 aromatic rings. The summed E-state index contributed by atoms with van der Waals surface area (Å²) >= 11 is 0. The molecule has 1 aliphatic rings. The second-order valence-corrected chi connectivity index (χ2v) is 8.97. The van der Waals surface area contributed by atoms with Gasteiger partial charge in [-0.2, -0.15) is 0 Å². The Balaban J connectivity index is 1.46. The first-order valence-electron chi connectivity index (χ1n) is 13.8. The highest BCUT2D eigenvalue weighted by Crippen LogP contribution is 2.44. The summed E-state index contributed by atoms with van der Waals surface area (Å²) in [5, 5.41) is 0.533. The number of aryl methyl sites for hydroxylation is 1. The smallest absolute Gasteiger partial charge is 0.329 e. The lowest BCUT2D eigenvalue weighted by molar-refractivity contribution is 0.189. The van der Waals surface area contributed by atoms with Gasteiger partial charge >= 0.3 is 5.69 Å². The fraction of sp³-hybridized carbons (Fsp3) is 0.400. The van der Waals surface area contributed by atoms with Crippen LogP contribution in [0.15, 0.2) is 35.4 Å². The van der Waals surface area contributed by atoms with Crippen LogP contribution in [-0.4, -0.2) is 57.7 Å². The third-order valence-corrected chi connectivity index (χ3v) is 6.06. The molecule has 1 aromatic carbocycles. The van der Waals surface area contributed by atoms with Crippen molar-refractivity contribution in [1.29, 1.82) is 0 Å². The molecule has 0 N–H and O–H groups in total. The molecule has 0 fully saturated rings. The average molecular weight is 472 g/mol. The van der Waals surface area contributed by atoms with E-state index in [1.54, 1.807) is 23.9 Å². The highest BCUT2D eigenvalue weighted by molar-refractivity contribution is 6.09. The van der Waals surface area contributed by atoms with Crippen molar-refractivity contribution in [2.75, 3.05) is 33.7 Å². The van der Waals surface area contributed by atoms with Crippen LogP contribution >= 0.6 is 0 Å². The van der Waals surface area contributed by atoms with Gasteiger partial charge in [0.05, 0.1) is 45.8 Å². The number of benzene rings is 1. The van der Waals surface area contributed by atoms with Crippen LogP contribution in [0.3, 0.4) is 0 Å². The normalized spacial score (nSPS) is 18.0. The fourth-order valence-corrected chi connectivity index (χ4v) is 4.39. The molecule has 0 aliphatic carbocycles. The van der Waals surface area contributed by atoms with Crippen molar-refractivity contribution in [2.24, 2.45) is 7.05 Å². The number of pyridine rings is 2. The molecule has 0 saturated carbocycles. The Morgan fingerprint density at radius 2 is 2.12 bits per heavy atom. The van der Waals surface area contributed by atoms with Gasteiger partial charge in [-0.1, -0.05) is 0 Å². The monoisotopic (exact) mass is 471 g/mol. The maximum absolute atomic E-state index is 15.6. The van der Waals surface area contributed by atoms with E-state index in [4.69, 9.17) is 17.7 Å². The van der Waals surface area contributed by atoms with Crippen molar-refractivity contribution >= 4 is 21.9 Å². The van der Waals surface area contributed by atoms with Crippen molar-refractivity contribution in [2.45, 2.75) is 25.8 Å². The molecule has 0 unspecified atom stereocenters. The maximum Gasteiger partial charge on any atom is 0.329 e. The lowest BCUT2D eigenvalue weighted by Crippen LogP contribution is -2.40. The van der Waals surface area contributed by atoms with Gasteiger partial charge in [-0.05, 0) is 40.3 Å². The van der Waals surface area contributed by atoms with E-state index in [0.29, 0.717) is 32.4 Å².